The average molecular weight is 367 g/mol. The highest BCUT2D eigenvalue weighted by atomic mass is 35.5. The van der Waals surface area contributed by atoms with Crippen LogP contribution >= 0.6 is 23.2 Å². The maximum absolute atomic E-state index is 12.6. The van der Waals surface area contributed by atoms with Crippen molar-refractivity contribution in [3.05, 3.63) is 52.5 Å². The molecule has 0 aliphatic rings. The van der Waals surface area contributed by atoms with Gasteiger partial charge in [-0.25, -0.2) is 0 Å². The molecule has 0 aromatic heterocycles. The van der Waals surface area contributed by atoms with E-state index in [1.807, 2.05) is 36.1 Å². The van der Waals surface area contributed by atoms with E-state index in [1.165, 1.54) is 0 Å². The Hall–Kier alpha value is -1.91. The SMILES string of the molecule is CCN(CC(=O)N(C)c1ccc(OC)cc1)c1cc(Cl)ccc1Cl. The lowest BCUT2D eigenvalue weighted by molar-refractivity contribution is -0.117. The first-order valence-electron chi connectivity index (χ1n) is 7.57. The second-order valence-corrected chi connectivity index (χ2v) is 6.10. The standard InChI is InChI=1S/C18H20Cl2N2O2/c1-4-22(17-11-13(19)5-10-16(17)20)12-18(23)21(2)14-6-8-15(24-3)9-7-14/h5-11H,4,12H2,1-3H3. The third kappa shape index (κ3) is 4.34. The molecule has 0 fully saturated rings. The van der Waals surface area contributed by atoms with Crippen molar-refractivity contribution in [1.29, 1.82) is 0 Å². The summed E-state index contributed by atoms with van der Waals surface area (Å²) in [7, 11) is 3.36. The Balaban J connectivity index is 2.14. The normalized spacial score (nSPS) is 10.4. The van der Waals surface area contributed by atoms with Crippen molar-refractivity contribution in [2.24, 2.45) is 0 Å². The molecule has 0 unspecified atom stereocenters. The van der Waals surface area contributed by atoms with E-state index in [2.05, 4.69) is 0 Å². The van der Waals surface area contributed by atoms with E-state index in [-0.39, 0.29) is 12.5 Å². The maximum atomic E-state index is 12.6. The molecule has 0 spiro atoms. The number of hydrogen-bond acceptors (Lipinski definition) is 3. The van der Waals surface area contributed by atoms with Crippen molar-refractivity contribution in [3.63, 3.8) is 0 Å². The summed E-state index contributed by atoms with van der Waals surface area (Å²) < 4.78 is 5.13. The minimum Gasteiger partial charge on any atom is -0.497 e. The predicted molar refractivity (Wildman–Crippen MR) is 101 cm³/mol. The Morgan fingerprint density at radius 2 is 1.79 bits per heavy atom. The van der Waals surface area contributed by atoms with Gasteiger partial charge in [0.05, 0.1) is 24.4 Å². The molecular weight excluding hydrogens is 347 g/mol. The molecule has 128 valence electrons. The number of carbonyl (C=O) groups is 1. The van der Waals surface area contributed by atoms with Gasteiger partial charge in [-0.2, -0.15) is 0 Å². The average Bonchev–Trinajstić information content (AvgIpc) is 2.61. The maximum Gasteiger partial charge on any atom is 0.246 e. The van der Waals surface area contributed by atoms with E-state index < -0.39 is 0 Å². The van der Waals surface area contributed by atoms with Crippen LogP contribution in [0.15, 0.2) is 42.5 Å². The molecular formula is C18H20Cl2N2O2. The third-order valence-corrected chi connectivity index (χ3v) is 4.35. The lowest BCUT2D eigenvalue weighted by Crippen LogP contribution is -2.38. The number of benzene rings is 2. The van der Waals surface area contributed by atoms with Crippen LogP contribution in [0.3, 0.4) is 0 Å². The van der Waals surface area contributed by atoms with E-state index in [1.54, 1.807) is 37.3 Å². The Labute approximate surface area is 152 Å². The molecule has 4 nitrogen and oxygen atoms in total. The van der Waals surface area contributed by atoms with Crippen molar-refractivity contribution < 1.29 is 9.53 Å². The molecule has 0 radical (unpaired) electrons. The highest BCUT2D eigenvalue weighted by Crippen LogP contribution is 2.29. The number of carbonyl (C=O) groups excluding carboxylic acids is 1. The van der Waals surface area contributed by atoms with E-state index in [0.29, 0.717) is 16.6 Å². The monoisotopic (exact) mass is 366 g/mol. The van der Waals surface area contributed by atoms with Gasteiger partial charge in [-0.05, 0) is 49.4 Å². The fraction of sp³-hybridized carbons (Fsp3) is 0.278. The van der Waals surface area contributed by atoms with Crippen molar-refractivity contribution in [2.75, 3.05) is 37.0 Å². The number of methoxy groups -OCH3 is 1. The van der Waals surface area contributed by atoms with Crippen molar-refractivity contribution in [1.82, 2.24) is 0 Å². The van der Waals surface area contributed by atoms with Gasteiger partial charge in [0, 0.05) is 24.3 Å². The Morgan fingerprint density at radius 3 is 2.38 bits per heavy atom. The van der Waals surface area contributed by atoms with E-state index in [0.717, 1.165) is 17.1 Å². The van der Waals surface area contributed by atoms with Gasteiger partial charge in [-0.3, -0.25) is 4.79 Å². The molecule has 2 aromatic carbocycles. The van der Waals surface area contributed by atoms with Gasteiger partial charge in [-0.15, -0.1) is 0 Å². The van der Waals surface area contributed by atoms with Crippen LogP contribution in [-0.4, -0.2) is 33.2 Å². The Bertz CT molecular complexity index is 705. The van der Waals surface area contributed by atoms with Crippen molar-refractivity contribution in [2.45, 2.75) is 6.92 Å². The quantitative estimate of drug-likeness (QED) is 0.754. The van der Waals surface area contributed by atoms with Crippen LogP contribution in [0.2, 0.25) is 10.0 Å². The first-order chi connectivity index (χ1) is 11.5. The van der Waals surface area contributed by atoms with Crippen LogP contribution in [-0.2, 0) is 4.79 Å². The Kier molecular flexibility index (Phi) is 6.35. The summed E-state index contributed by atoms with van der Waals surface area (Å²) in [6, 6.07) is 12.6. The van der Waals surface area contributed by atoms with E-state index in [9.17, 15) is 4.79 Å². The summed E-state index contributed by atoms with van der Waals surface area (Å²) in [6.07, 6.45) is 0. The third-order valence-electron chi connectivity index (χ3n) is 3.79. The molecule has 24 heavy (non-hydrogen) atoms. The van der Waals surface area contributed by atoms with Gasteiger partial charge in [0.15, 0.2) is 0 Å². The van der Waals surface area contributed by atoms with Gasteiger partial charge in [0.2, 0.25) is 5.91 Å². The summed E-state index contributed by atoms with van der Waals surface area (Å²) in [6.45, 7) is 2.82. The summed E-state index contributed by atoms with van der Waals surface area (Å²) in [4.78, 5) is 16.1. The van der Waals surface area contributed by atoms with Crippen LogP contribution in [0.25, 0.3) is 0 Å². The van der Waals surface area contributed by atoms with E-state index >= 15 is 0 Å². The molecule has 1 amide bonds. The summed E-state index contributed by atoms with van der Waals surface area (Å²) in [5.74, 6) is 0.707. The molecule has 0 atom stereocenters. The summed E-state index contributed by atoms with van der Waals surface area (Å²) in [5.41, 5.74) is 1.55. The molecule has 0 N–H and O–H groups in total. The predicted octanol–water partition coefficient (Wildman–Crippen LogP) is 4.49. The molecule has 0 bridgehead atoms. The van der Waals surface area contributed by atoms with Gasteiger partial charge in [0.25, 0.3) is 0 Å². The number of hydrogen-bond donors (Lipinski definition) is 0. The number of likely N-dealkylation sites (N-methyl/N-ethyl adjacent to an activating group) is 2. The van der Waals surface area contributed by atoms with Crippen molar-refractivity contribution >= 4 is 40.5 Å². The summed E-state index contributed by atoms with van der Waals surface area (Å²) in [5, 5.41) is 1.16. The topological polar surface area (TPSA) is 32.8 Å². The first kappa shape index (κ1) is 18.4. The molecule has 0 heterocycles. The number of rotatable bonds is 6. The minimum absolute atomic E-state index is 0.0435. The number of amides is 1. The Morgan fingerprint density at radius 1 is 1.12 bits per heavy atom. The van der Waals surface area contributed by atoms with Crippen LogP contribution in [0.1, 0.15) is 6.92 Å². The highest BCUT2D eigenvalue weighted by Gasteiger charge is 2.17. The van der Waals surface area contributed by atoms with Crippen LogP contribution < -0.4 is 14.5 Å². The molecule has 2 rings (SSSR count). The van der Waals surface area contributed by atoms with Gasteiger partial charge >= 0.3 is 0 Å². The number of ether oxygens (including phenoxy) is 1. The second-order valence-electron chi connectivity index (χ2n) is 5.26. The largest absolute Gasteiger partial charge is 0.497 e. The lowest BCUT2D eigenvalue weighted by Gasteiger charge is -2.26. The molecule has 0 saturated heterocycles. The van der Waals surface area contributed by atoms with Gasteiger partial charge < -0.3 is 14.5 Å². The zero-order chi connectivity index (χ0) is 17.7. The number of anilines is 2. The number of nitrogens with zero attached hydrogens (tertiary/aromatic N) is 2. The molecule has 0 saturated carbocycles. The van der Waals surface area contributed by atoms with Gasteiger partial charge in [-0.1, -0.05) is 23.2 Å². The van der Waals surface area contributed by atoms with Gasteiger partial charge in [0.1, 0.15) is 5.75 Å². The number of halogens is 2. The minimum atomic E-state index is -0.0435. The highest BCUT2D eigenvalue weighted by molar-refractivity contribution is 6.35. The zero-order valence-electron chi connectivity index (χ0n) is 13.9. The smallest absolute Gasteiger partial charge is 0.246 e. The van der Waals surface area contributed by atoms with Crippen LogP contribution in [0.4, 0.5) is 11.4 Å². The van der Waals surface area contributed by atoms with Crippen molar-refractivity contribution in [3.8, 4) is 5.75 Å². The van der Waals surface area contributed by atoms with E-state index in [4.69, 9.17) is 27.9 Å². The molecule has 0 aliphatic carbocycles. The fourth-order valence-electron chi connectivity index (χ4n) is 2.31. The lowest BCUT2D eigenvalue weighted by atomic mass is 10.2. The van der Waals surface area contributed by atoms with Crippen LogP contribution in [0.5, 0.6) is 5.75 Å². The molecule has 6 heteroatoms. The molecule has 0 aliphatic heterocycles. The van der Waals surface area contributed by atoms with Crippen LogP contribution in [0, 0.1) is 0 Å². The second kappa shape index (κ2) is 8.27. The zero-order valence-corrected chi connectivity index (χ0v) is 15.4. The first-order valence-corrected chi connectivity index (χ1v) is 8.32. The fourth-order valence-corrected chi connectivity index (χ4v) is 2.72. The summed E-state index contributed by atoms with van der Waals surface area (Å²) >= 11 is 12.3. The molecule has 2 aromatic rings.